The molecule has 0 spiro atoms. The molecule has 2 aromatic carbocycles. The van der Waals surface area contributed by atoms with Crippen LogP contribution in [0, 0.1) is 0 Å². The van der Waals surface area contributed by atoms with Gasteiger partial charge in [-0.1, -0.05) is 48.0 Å². The molecule has 0 unspecified atom stereocenters. The van der Waals surface area contributed by atoms with Crippen LogP contribution in [0.1, 0.15) is 24.0 Å². The van der Waals surface area contributed by atoms with Gasteiger partial charge >= 0.3 is 0 Å². The summed E-state index contributed by atoms with van der Waals surface area (Å²) in [5.41, 5.74) is 3.39. The number of likely N-dealkylation sites (N-methyl/N-ethyl adjacent to an activating group) is 1. The lowest BCUT2D eigenvalue weighted by atomic mass is 9.90. The average molecular weight is 371 g/mol. The maximum absolute atomic E-state index is 12.2. The Morgan fingerprint density at radius 3 is 2.54 bits per heavy atom. The van der Waals surface area contributed by atoms with E-state index in [1.54, 1.807) is 19.0 Å². The molecule has 136 valence electrons. The largest absolute Gasteiger partial charge is 0.361 e. The molecule has 0 fully saturated rings. The molecular formula is C21H25ClN3O+. The highest BCUT2D eigenvalue weighted by Crippen LogP contribution is 2.33. The van der Waals surface area contributed by atoms with Gasteiger partial charge in [0.05, 0.1) is 12.5 Å². The number of para-hydroxylation sites is 1. The Morgan fingerprint density at radius 1 is 1.12 bits per heavy atom. The summed E-state index contributed by atoms with van der Waals surface area (Å²) in [5, 5.41) is 4.04. The van der Waals surface area contributed by atoms with Crippen LogP contribution in [0.3, 0.4) is 0 Å². The van der Waals surface area contributed by atoms with Crippen molar-refractivity contribution >= 4 is 28.4 Å². The number of aromatic nitrogens is 1. The van der Waals surface area contributed by atoms with Crippen molar-refractivity contribution in [3.05, 3.63) is 70.9 Å². The minimum Gasteiger partial charge on any atom is -0.361 e. The molecule has 26 heavy (non-hydrogen) atoms. The first-order valence-corrected chi connectivity index (χ1v) is 9.21. The molecule has 3 aromatic rings. The van der Waals surface area contributed by atoms with Crippen LogP contribution in [0.2, 0.25) is 5.02 Å². The molecule has 0 aliphatic carbocycles. The van der Waals surface area contributed by atoms with Crippen molar-refractivity contribution in [2.24, 2.45) is 0 Å². The number of carbonyl (C=O) groups excluding carboxylic acids is 1. The molecule has 0 aliphatic rings. The van der Waals surface area contributed by atoms with Crippen molar-refractivity contribution in [3.63, 3.8) is 0 Å². The zero-order valence-electron chi connectivity index (χ0n) is 15.4. The molecule has 0 saturated heterocycles. The lowest BCUT2D eigenvalue weighted by Gasteiger charge is -2.21. The maximum Gasteiger partial charge on any atom is 0.279 e. The summed E-state index contributed by atoms with van der Waals surface area (Å²) in [6, 6.07) is 16.1. The number of carbonyl (C=O) groups is 1. The second-order valence-corrected chi connectivity index (χ2v) is 7.26. The number of rotatable bonds is 6. The molecule has 4 nitrogen and oxygen atoms in total. The van der Waals surface area contributed by atoms with Crippen molar-refractivity contribution in [2.45, 2.75) is 18.9 Å². The van der Waals surface area contributed by atoms with Gasteiger partial charge < -0.3 is 15.2 Å². The number of quaternary nitrogens is 1. The number of aromatic amines is 1. The van der Waals surface area contributed by atoms with Crippen LogP contribution < -0.4 is 5.32 Å². The molecule has 0 radical (unpaired) electrons. The first-order chi connectivity index (χ1) is 12.5. The van der Waals surface area contributed by atoms with Gasteiger partial charge in [-0.05, 0) is 30.2 Å². The van der Waals surface area contributed by atoms with Gasteiger partial charge in [0.25, 0.3) is 5.91 Å². The third-order valence-electron chi connectivity index (χ3n) is 4.83. The highest BCUT2D eigenvalue weighted by Gasteiger charge is 2.25. The van der Waals surface area contributed by atoms with Crippen molar-refractivity contribution < 1.29 is 10.1 Å². The standard InChI is InChI=1S/C21H24ClN3O/c1-14(21(26)25(2)3)23-12-17(15-8-4-6-10-19(15)22)18-13-24-20-11-7-5-9-16(18)20/h4-11,13-14,17,23-24H,12H2,1-3H3/p+1/t14-,17-/m1/s1. The second kappa shape index (κ2) is 7.94. The van der Waals surface area contributed by atoms with E-state index in [2.05, 4.69) is 34.7 Å². The summed E-state index contributed by atoms with van der Waals surface area (Å²) in [6.07, 6.45) is 2.06. The van der Waals surface area contributed by atoms with E-state index in [4.69, 9.17) is 11.6 Å². The molecule has 2 atom stereocenters. The lowest BCUT2D eigenvalue weighted by molar-refractivity contribution is -0.675. The van der Waals surface area contributed by atoms with E-state index in [9.17, 15) is 4.79 Å². The molecule has 3 N–H and O–H groups in total. The monoisotopic (exact) mass is 370 g/mol. The number of amides is 1. The Hall–Kier alpha value is -2.30. The Morgan fingerprint density at radius 2 is 1.81 bits per heavy atom. The second-order valence-electron chi connectivity index (χ2n) is 6.86. The molecular weight excluding hydrogens is 346 g/mol. The summed E-state index contributed by atoms with van der Waals surface area (Å²) in [5.74, 6) is 0.207. The van der Waals surface area contributed by atoms with E-state index in [-0.39, 0.29) is 17.9 Å². The van der Waals surface area contributed by atoms with Crippen molar-refractivity contribution in [3.8, 4) is 0 Å². The number of hydrogen-bond acceptors (Lipinski definition) is 1. The molecule has 1 aromatic heterocycles. The van der Waals surface area contributed by atoms with Crippen LogP contribution in [-0.2, 0) is 4.79 Å². The number of fused-ring (bicyclic) bond motifs is 1. The normalized spacial score (nSPS) is 13.5. The van der Waals surface area contributed by atoms with Crippen molar-refractivity contribution in [1.29, 1.82) is 0 Å². The number of benzene rings is 2. The fourth-order valence-corrected chi connectivity index (χ4v) is 3.68. The van der Waals surface area contributed by atoms with E-state index in [0.29, 0.717) is 0 Å². The predicted molar refractivity (Wildman–Crippen MR) is 107 cm³/mol. The van der Waals surface area contributed by atoms with E-state index >= 15 is 0 Å². The number of halogens is 1. The van der Waals surface area contributed by atoms with E-state index in [1.807, 2.05) is 37.3 Å². The summed E-state index contributed by atoms with van der Waals surface area (Å²) in [7, 11) is 3.58. The Kier molecular flexibility index (Phi) is 5.64. The van der Waals surface area contributed by atoms with Gasteiger partial charge in [-0.15, -0.1) is 0 Å². The van der Waals surface area contributed by atoms with Gasteiger partial charge in [0.2, 0.25) is 0 Å². The molecule has 1 heterocycles. The van der Waals surface area contributed by atoms with Crippen molar-refractivity contribution in [2.75, 3.05) is 20.6 Å². The fourth-order valence-electron chi connectivity index (χ4n) is 3.41. The number of nitrogens with two attached hydrogens (primary N) is 1. The summed E-state index contributed by atoms with van der Waals surface area (Å²) in [4.78, 5) is 17.2. The minimum absolute atomic E-state index is 0.0947. The van der Waals surface area contributed by atoms with Crippen molar-refractivity contribution in [1.82, 2.24) is 9.88 Å². The molecule has 3 rings (SSSR count). The zero-order chi connectivity index (χ0) is 18.7. The van der Waals surface area contributed by atoms with E-state index in [1.165, 1.54) is 10.9 Å². The van der Waals surface area contributed by atoms with Crippen LogP contribution >= 0.6 is 11.6 Å². The van der Waals surface area contributed by atoms with Gasteiger partial charge in [0.1, 0.15) is 0 Å². The van der Waals surface area contributed by atoms with Gasteiger partial charge in [-0.2, -0.15) is 0 Å². The number of nitrogens with zero attached hydrogens (tertiary/aromatic N) is 1. The Balaban J connectivity index is 1.95. The van der Waals surface area contributed by atoms with Crippen LogP contribution in [0.4, 0.5) is 0 Å². The highest BCUT2D eigenvalue weighted by atomic mass is 35.5. The molecule has 0 aliphatic heterocycles. The zero-order valence-corrected chi connectivity index (χ0v) is 16.1. The Labute approximate surface area is 159 Å². The van der Waals surface area contributed by atoms with E-state index in [0.717, 1.165) is 22.6 Å². The Bertz CT molecular complexity index is 903. The highest BCUT2D eigenvalue weighted by molar-refractivity contribution is 6.31. The number of H-pyrrole nitrogens is 1. The maximum atomic E-state index is 12.2. The van der Waals surface area contributed by atoms with Crippen LogP contribution in [-0.4, -0.2) is 42.5 Å². The number of hydrogen-bond donors (Lipinski definition) is 2. The first kappa shape index (κ1) is 18.5. The third kappa shape index (κ3) is 3.76. The predicted octanol–water partition coefficient (Wildman–Crippen LogP) is 2.99. The van der Waals surface area contributed by atoms with Gasteiger partial charge in [-0.25, -0.2) is 0 Å². The fraction of sp³-hybridized carbons (Fsp3) is 0.286. The number of nitrogens with one attached hydrogen (secondary N) is 1. The third-order valence-corrected chi connectivity index (χ3v) is 5.18. The SMILES string of the molecule is C[C@@H]([NH2+]C[C@H](c1ccccc1Cl)c1c[nH]c2ccccc12)C(=O)N(C)C. The molecule has 5 heteroatoms. The van der Waals surface area contributed by atoms with Crippen LogP contribution in [0.15, 0.2) is 54.7 Å². The first-order valence-electron chi connectivity index (χ1n) is 8.84. The summed E-state index contributed by atoms with van der Waals surface area (Å²) >= 11 is 6.52. The quantitative estimate of drug-likeness (QED) is 0.688. The topological polar surface area (TPSA) is 52.7 Å². The summed E-state index contributed by atoms with van der Waals surface area (Å²) in [6.45, 7) is 2.69. The smallest absolute Gasteiger partial charge is 0.279 e. The van der Waals surface area contributed by atoms with Gasteiger partial charge in [0.15, 0.2) is 6.04 Å². The average Bonchev–Trinajstić information content (AvgIpc) is 3.06. The van der Waals surface area contributed by atoms with Crippen LogP contribution in [0.25, 0.3) is 10.9 Å². The van der Waals surface area contributed by atoms with Gasteiger partial charge in [0, 0.05) is 36.2 Å². The minimum atomic E-state index is -0.139. The molecule has 1 amide bonds. The van der Waals surface area contributed by atoms with E-state index < -0.39 is 0 Å². The van der Waals surface area contributed by atoms with Gasteiger partial charge in [-0.3, -0.25) is 4.79 Å². The lowest BCUT2D eigenvalue weighted by Crippen LogP contribution is -2.92. The van der Waals surface area contributed by atoms with Crippen LogP contribution in [0.5, 0.6) is 0 Å². The summed E-state index contributed by atoms with van der Waals surface area (Å²) < 4.78 is 0. The molecule has 0 bridgehead atoms. The molecule has 0 saturated carbocycles.